The fraction of sp³-hybridized carbons (Fsp3) is 0.417. The molecule has 1 aliphatic rings. The number of hydrogen-bond acceptors (Lipinski definition) is 4. The fourth-order valence-corrected chi connectivity index (χ4v) is 3.74. The molecule has 1 amide bonds. The van der Waals surface area contributed by atoms with Gasteiger partial charge in [0.1, 0.15) is 0 Å². The Morgan fingerprint density at radius 2 is 1.95 bits per heavy atom. The molecule has 3 N–H and O–H groups in total. The average Bonchev–Trinajstić information content (AvgIpc) is 2.39. The van der Waals surface area contributed by atoms with Crippen LogP contribution in [0.4, 0.5) is 0 Å². The molecule has 20 heavy (non-hydrogen) atoms. The predicted molar refractivity (Wildman–Crippen MR) is 78.4 cm³/mol. The van der Waals surface area contributed by atoms with Crippen LogP contribution >= 0.6 is 12.4 Å². The average molecular weight is 320 g/mol. The molecule has 6 nitrogen and oxygen atoms in total. The lowest BCUT2D eigenvalue weighted by Crippen LogP contribution is -2.52. The van der Waals surface area contributed by atoms with Gasteiger partial charge in [0, 0.05) is 31.2 Å². The Bertz CT molecular complexity index is 574. The topological polar surface area (TPSA) is 92.5 Å². The number of nitrogens with one attached hydrogen (secondary N) is 1. The highest BCUT2D eigenvalue weighted by molar-refractivity contribution is 7.89. The standard InChI is InChI=1S/C12H17N3O3S.ClH/c1-9-8-14-6-7-15(9)19(17,18)11-4-2-10(3-5-11)12(13)16;/h2-5,9,14H,6-8H2,1H3,(H2,13,16);1H/t9-;/m0./s1. The number of halogens is 1. The van der Waals surface area contributed by atoms with Gasteiger partial charge in [0.2, 0.25) is 15.9 Å². The summed E-state index contributed by atoms with van der Waals surface area (Å²) < 4.78 is 26.4. The number of benzene rings is 1. The van der Waals surface area contributed by atoms with Crippen LogP contribution in [0, 0.1) is 0 Å². The molecule has 2 rings (SSSR count). The highest BCUT2D eigenvalue weighted by Gasteiger charge is 2.30. The van der Waals surface area contributed by atoms with Crippen molar-refractivity contribution in [2.24, 2.45) is 5.73 Å². The molecule has 0 bridgehead atoms. The third kappa shape index (κ3) is 3.29. The SMILES string of the molecule is C[C@H]1CNCCN1S(=O)(=O)c1ccc(C(N)=O)cc1.Cl. The minimum absolute atomic E-state index is 0. The van der Waals surface area contributed by atoms with E-state index < -0.39 is 15.9 Å². The molecule has 1 fully saturated rings. The molecule has 0 unspecified atom stereocenters. The molecule has 0 aliphatic carbocycles. The highest BCUT2D eigenvalue weighted by atomic mass is 35.5. The van der Waals surface area contributed by atoms with E-state index in [9.17, 15) is 13.2 Å². The highest BCUT2D eigenvalue weighted by Crippen LogP contribution is 2.19. The Hall–Kier alpha value is -1.15. The summed E-state index contributed by atoms with van der Waals surface area (Å²) in [5.41, 5.74) is 5.43. The molecule has 0 spiro atoms. The van der Waals surface area contributed by atoms with Gasteiger partial charge >= 0.3 is 0 Å². The van der Waals surface area contributed by atoms with Crippen LogP contribution in [-0.2, 0) is 10.0 Å². The summed E-state index contributed by atoms with van der Waals surface area (Å²) in [6, 6.07) is 5.62. The Morgan fingerprint density at radius 3 is 2.45 bits per heavy atom. The van der Waals surface area contributed by atoms with Crippen molar-refractivity contribution in [3.8, 4) is 0 Å². The van der Waals surface area contributed by atoms with Gasteiger partial charge in [-0.1, -0.05) is 0 Å². The number of primary amides is 1. The molecular weight excluding hydrogens is 302 g/mol. The van der Waals surface area contributed by atoms with Gasteiger partial charge in [-0.15, -0.1) is 12.4 Å². The van der Waals surface area contributed by atoms with Crippen LogP contribution in [0.15, 0.2) is 29.2 Å². The first-order chi connectivity index (χ1) is 8.93. The summed E-state index contributed by atoms with van der Waals surface area (Å²) in [6.07, 6.45) is 0. The van der Waals surface area contributed by atoms with Crippen LogP contribution in [0.5, 0.6) is 0 Å². The van der Waals surface area contributed by atoms with E-state index in [1.807, 2.05) is 6.92 Å². The predicted octanol–water partition coefficient (Wildman–Crippen LogP) is 0.190. The summed E-state index contributed by atoms with van der Waals surface area (Å²) in [6.45, 7) is 3.59. The number of piperazine rings is 1. The number of sulfonamides is 1. The number of carbonyl (C=O) groups excluding carboxylic acids is 1. The number of nitrogens with two attached hydrogens (primary N) is 1. The van der Waals surface area contributed by atoms with Crippen LogP contribution in [0.25, 0.3) is 0 Å². The summed E-state index contributed by atoms with van der Waals surface area (Å²) in [5, 5.41) is 3.14. The van der Waals surface area contributed by atoms with Crippen molar-refractivity contribution in [1.29, 1.82) is 0 Å². The second-order valence-corrected chi connectivity index (χ2v) is 6.45. The molecule has 1 aromatic carbocycles. The molecule has 0 radical (unpaired) electrons. The smallest absolute Gasteiger partial charge is 0.248 e. The quantitative estimate of drug-likeness (QED) is 0.832. The summed E-state index contributed by atoms with van der Waals surface area (Å²) in [5.74, 6) is -0.570. The van der Waals surface area contributed by atoms with Crippen LogP contribution in [-0.4, -0.2) is 44.3 Å². The third-order valence-corrected chi connectivity index (χ3v) is 5.21. The van der Waals surface area contributed by atoms with Gasteiger partial charge in [-0.05, 0) is 31.2 Å². The molecule has 1 aliphatic heterocycles. The van der Waals surface area contributed by atoms with Crippen LogP contribution in [0.2, 0.25) is 0 Å². The summed E-state index contributed by atoms with van der Waals surface area (Å²) >= 11 is 0. The zero-order valence-electron chi connectivity index (χ0n) is 11.1. The van der Waals surface area contributed by atoms with Gasteiger partial charge in [0.05, 0.1) is 4.90 Å². The second kappa shape index (κ2) is 6.53. The number of rotatable bonds is 3. The maximum Gasteiger partial charge on any atom is 0.248 e. The monoisotopic (exact) mass is 319 g/mol. The molecule has 1 saturated heterocycles. The van der Waals surface area contributed by atoms with Gasteiger partial charge in [-0.2, -0.15) is 4.31 Å². The molecular formula is C12H18ClN3O3S. The lowest BCUT2D eigenvalue weighted by molar-refractivity contribution is 0.1000. The lowest BCUT2D eigenvalue weighted by atomic mass is 10.2. The first kappa shape index (κ1) is 16.9. The van der Waals surface area contributed by atoms with Crippen LogP contribution in [0.1, 0.15) is 17.3 Å². The van der Waals surface area contributed by atoms with Crippen molar-refractivity contribution in [3.05, 3.63) is 29.8 Å². The van der Waals surface area contributed by atoms with E-state index in [0.717, 1.165) is 0 Å². The molecule has 1 aromatic rings. The van der Waals surface area contributed by atoms with Gasteiger partial charge in [-0.25, -0.2) is 8.42 Å². The number of amides is 1. The van der Waals surface area contributed by atoms with E-state index in [-0.39, 0.29) is 23.3 Å². The Labute approximate surface area is 124 Å². The maximum absolute atomic E-state index is 12.5. The Morgan fingerprint density at radius 1 is 1.35 bits per heavy atom. The van der Waals surface area contributed by atoms with Crippen molar-refractivity contribution >= 4 is 28.3 Å². The van der Waals surface area contributed by atoms with Gasteiger partial charge < -0.3 is 11.1 Å². The molecule has 1 atom stereocenters. The zero-order chi connectivity index (χ0) is 14.0. The van der Waals surface area contributed by atoms with Crippen molar-refractivity contribution < 1.29 is 13.2 Å². The van der Waals surface area contributed by atoms with E-state index >= 15 is 0 Å². The van der Waals surface area contributed by atoms with Crippen molar-refractivity contribution in [2.75, 3.05) is 19.6 Å². The molecule has 1 heterocycles. The van der Waals surface area contributed by atoms with Crippen LogP contribution in [0.3, 0.4) is 0 Å². The van der Waals surface area contributed by atoms with E-state index in [1.165, 1.54) is 28.6 Å². The summed E-state index contributed by atoms with van der Waals surface area (Å²) in [4.78, 5) is 11.2. The van der Waals surface area contributed by atoms with Crippen molar-refractivity contribution in [1.82, 2.24) is 9.62 Å². The van der Waals surface area contributed by atoms with Gasteiger partial charge in [-0.3, -0.25) is 4.79 Å². The molecule has 8 heteroatoms. The fourth-order valence-electron chi connectivity index (χ4n) is 2.11. The van der Waals surface area contributed by atoms with Gasteiger partial charge in [0.15, 0.2) is 0 Å². The third-order valence-electron chi connectivity index (χ3n) is 3.19. The number of carbonyl (C=O) groups is 1. The minimum Gasteiger partial charge on any atom is -0.366 e. The van der Waals surface area contributed by atoms with E-state index in [4.69, 9.17) is 5.73 Å². The second-order valence-electron chi connectivity index (χ2n) is 4.56. The molecule has 0 saturated carbocycles. The van der Waals surface area contributed by atoms with Crippen molar-refractivity contribution in [3.63, 3.8) is 0 Å². The molecule has 0 aromatic heterocycles. The first-order valence-electron chi connectivity index (χ1n) is 6.05. The van der Waals surface area contributed by atoms with E-state index in [2.05, 4.69) is 5.32 Å². The van der Waals surface area contributed by atoms with Gasteiger partial charge in [0.25, 0.3) is 0 Å². The maximum atomic E-state index is 12.5. The van der Waals surface area contributed by atoms with E-state index in [0.29, 0.717) is 25.2 Å². The van der Waals surface area contributed by atoms with Crippen molar-refractivity contribution in [2.45, 2.75) is 17.9 Å². The Balaban J connectivity index is 0.00000200. The summed E-state index contributed by atoms with van der Waals surface area (Å²) in [7, 11) is -3.51. The van der Waals surface area contributed by atoms with Crippen LogP contribution < -0.4 is 11.1 Å². The number of hydrogen-bond donors (Lipinski definition) is 2. The van der Waals surface area contributed by atoms with E-state index in [1.54, 1.807) is 0 Å². The first-order valence-corrected chi connectivity index (χ1v) is 7.49. The lowest BCUT2D eigenvalue weighted by Gasteiger charge is -2.32. The Kier molecular flexibility index (Phi) is 5.52. The zero-order valence-corrected chi connectivity index (χ0v) is 12.7. The normalized spacial score (nSPS) is 20.1. The molecule has 112 valence electrons. The largest absolute Gasteiger partial charge is 0.366 e. The minimum atomic E-state index is -3.51. The number of nitrogens with zero attached hydrogens (tertiary/aromatic N) is 1.